The predicted molar refractivity (Wildman–Crippen MR) is 267 cm³/mol. The summed E-state index contributed by atoms with van der Waals surface area (Å²) in [5.74, 6) is 0.794. The molecule has 28 heteroatoms. The molecule has 0 radical (unpaired) electrons. The van der Waals surface area contributed by atoms with Crippen molar-refractivity contribution in [2.45, 2.75) is 102 Å². The number of aliphatic hydroxyl groups is 1. The van der Waals surface area contributed by atoms with Gasteiger partial charge in [-0.2, -0.15) is 31.4 Å². The number of likely N-dealkylation sites (N-methyl/N-ethyl adjacent to an activating group) is 1. The molecule has 2 bridgehead atoms. The fourth-order valence-corrected chi connectivity index (χ4v) is 8.73. The van der Waals surface area contributed by atoms with Gasteiger partial charge >= 0.3 is 24.5 Å². The number of alkyl carbamates (subject to hydrolysis) is 2. The number of aliphatic hydroxyl groups excluding tert-OH is 1. The van der Waals surface area contributed by atoms with Gasteiger partial charge in [0.25, 0.3) is 12.3 Å². The molecule has 2 aromatic heterocycles. The number of nitrogens with zero attached hydrogens (tertiary/aromatic N) is 6. The molecule has 2 unspecified atom stereocenters. The van der Waals surface area contributed by atoms with Crippen LogP contribution in [0.2, 0.25) is 0 Å². The maximum Gasteiger partial charge on any atom is 0.407 e. The van der Waals surface area contributed by atoms with Gasteiger partial charge in [0.2, 0.25) is 5.91 Å². The molecule has 0 saturated carbocycles. The average Bonchev–Trinajstić information content (AvgIpc) is 3.95. The topological polar surface area (TPSA) is 205 Å². The molecule has 5 N–H and O–H groups in total. The van der Waals surface area contributed by atoms with Gasteiger partial charge < -0.3 is 40.2 Å². The zero-order chi connectivity index (χ0) is 59.1. The van der Waals surface area contributed by atoms with Crippen molar-refractivity contribution in [1.29, 1.82) is 0 Å². The van der Waals surface area contributed by atoms with Gasteiger partial charge in [-0.1, -0.05) is 24.0 Å². The second kappa shape index (κ2) is 25.5. The van der Waals surface area contributed by atoms with E-state index < -0.39 is 121 Å². The van der Waals surface area contributed by atoms with Crippen molar-refractivity contribution < 1.29 is 82.4 Å². The molecule has 2 aromatic carbocycles. The van der Waals surface area contributed by atoms with Gasteiger partial charge in [-0.3, -0.25) is 24.6 Å². The number of carbonyl (C=O) groups excluding carboxylic acids is 4. The first kappa shape index (κ1) is 62.0. The summed E-state index contributed by atoms with van der Waals surface area (Å²) in [6.07, 6.45) is -16.1. The Balaban J connectivity index is 1.34. The number of nitrogens with one attached hydrogen (secondary N) is 4. The van der Waals surface area contributed by atoms with E-state index in [2.05, 4.69) is 53.6 Å². The van der Waals surface area contributed by atoms with Crippen LogP contribution >= 0.6 is 0 Å². The molecule has 2 aliphatic rings. The highest BCUT2D eigenvalue weighted by Crippen LogP contribution is 2.42. The number of morpholine rings is 1. The summed E-state index contributed by atoms with van der Waals surface area (Å²) < 4.78 is 161. The number of anilines is 1. The van der Waals surface area contributed by atoms with E-state index in [-0.39, 0.29) is 28.9 Å². The number of piperazine rings is 1. The second-order valence-corrected chi connectivity index (χ2v) is 20.3. The number of aromatic nitrogens is 3. The summed E-state index contributed by atoms with van der Waals surface area (Å²) in [5.41, 5.74) is -4.14. The highest BCUT2D eigenvalue weighted by atomic mass is 19.4. The number of hydrogen-bond acceptors (Lipinski definition) is 13. The first-order valence-corrected chi connectivity index (χ1v) is 24.7. The Morgan fingerprint density at radius 2 is 1.34 bits per heavy atom. The number of amides is 4. The van der Waals surface area contributed by atoms with Crippen molar-refractivity contribution >= 4 is 29.8 Å². The summed E-state index contributed by atoms with van der Waals surface area (Å²) in [7, 11) is 3.68. The van der Waals surface area contributed by atoms with Crippen molar-refractivity contribution in [1.82, 2.24) is 46.0 Å². The number of pyridine rings is 1. The van der Waals surface area contributed by atoms with Gasteiger partial charge in [-0.25, -0.2) is 37.1 Å². The monoisotopic (exact) mass is 1140 g/mol. The molecule has 2 fully saturated rings. The lowest BCUT2D eigenvalue weighted by molar-refractivity contribution is -0.221. The Morgan fingerprint density at radius 1 is 0.800 bits per heavy atom. The molecule has 80 heavy (non-hydrogen) atoms. The van der Waals surface area contributed by atoms with Crippen LogP contribution in [0.4, 0.5) is 59.3 Å². The van der Waals surface area contributed by atoms with Gasteiger partial charge in [0.1, 0.15) is 36.1 Å². The quantitative estimate of drug-likeness (QED) is 0.0419. The van der Waals surface area contributed by atoms with Crippen LogP contribution in [0.25, 0.3) is 11.3 Å². The number of hydrazine groups is 1. The van der Waals surface area contributed by atoms with Crippen LogP contribution in [0.3, 0.4) is 0 Å². The molecule has 6 atom stereocenters. The van der Waals surface area contributed by atoms with Crippen LogP contribution in [0, 0.1) is 34.3 Å². The summed E-state index contributed by atoms with van der Waals surface area (Å²) in [6.45, 7) is 1.85. The van der Waals surface area contributed by atoms with Crippen molar-refractivity contribution in [3.05, 3.63) is 101 Å². The minimum absolute atomic E-state index is 0.156. The summed E-state index contributed by atoms with van der Waals surface area (Å²) in [6, 6.07) is 5.99. The summed E-state index contributed by atoms with van der Waals surface area (Å²) in [5, 5.41) is 22.4. The largest absolute Gasteiger partial charge is 0.453 e. The second-order valence-electron chi connectivity index (χ2n) is 20.3. The SMILES string of the molecule is COC(=O)N[C@H](C(=O)N[C@@H](Cc1ccc(C#Cc2ccc(N3CC4COCC(C3)N4C)nc2)cc1)[C@@H](O)CN(Cc1c(F)cc(-c2ccn(CC(F)F)n2)cc1F)NC(=O)[C@@H](NC(=O)OC)C(C)(C)C(F)(F)F)C(C)(C)C(F)(F)F. The maximum atomic E-state index is 16.1. The molecule has 0 spiro atoms. The number of ether oxygens (including phenoxy) is 3. The molecule has 18 nitrogen and oxygen atoms in total. The van der Waals surface area contributed by atoms with E-state index in [9.17, 15) is 59.4 Å². The van der Waals surface area contributed by atoms with E-state index >= 15 is 8.78 Å². The first-order chi connectivity index (χ1) is 37.4. The third-order valence-electron chi connectivity index (χ3n) is 14.0. The van der Waals surface area contributed by atoms with Crippen molar-refractivity contribution in [3.8, 4) is 23.1 Å². The molecule has 0 aliphatic carbocycles. The molecule has 4 heterocycles. The summed E-state index contributed by atoms with van der Waals surface area (Å²) in [4.78, 5) is 62.0. The highest BCUT2D eigenvalue weighted by molar-refractivity contribution is 5.87. The molecule has 4 amide bonds. The third-order valence-corrected chi connectivity index (χ3v) is 14.0. The van der Waals surface area contributed by atoms with E-state index in [0.29, 0.717) is 57.0 Å². The Hall–Kier alpha value is -7.22. The van der Waals surface area contributed by atoms with Crippen LogP contribution in [-0.2, 0) is 43.3 Å². The van der Waals surface area contributed by atoms with Gasteiger partial charge in [-0.15, -0.1) is 0 Å². The predicted octanol–water partition coefficient (Wildman–Crippen LogP) is 5.96. The van der Waals surface area contributed by atoms with Gasteiger partial charge in [0, 0.05) is 60.8 Å². The number of alkyl halides is 8. The zero-order valence-corrected chi connectivity index (χ0v) is 44.3. The fraction of sp³-hybridized carbons (Fsp3) is 0.500. The zero-order valence-electron chi connectivity index (χ0n) is 44.3. The van der Waals surface area contributed by atoms with Crippen LogP contribution < -0.4 is 26.3 Å². The molecule has 2 aliphatic heterocycles. The standard InChI is InChI=1S/C52H60F10N10O8/c1-49(2,51(57,58)59)43(65-47(76)78-6)45(74)64-39(18-30-11-8-29(9-12-30)10-13-31-14-15-42(63-21-31)70-22-33-27-80-28-34(23-70)69(33)5)40(73)25-72(68-46(75)44(66-48(77)79-7)50(3,4)52(60,61)62)24-35-36(53)19-32(20-37(35)54)38-16-17-71(67-38)26-41(55)56/h8-9,11-12,14-17,19-21,33-34,39-41,43-44,73H,18,22-28H2,1-7H3,(H,64,74)(H,65,76)(H,66,77)(H,68,75)/t33?,34?,39-,40-,43+,44+/m0/s1. The van der Waals surface area contributed by atoms with E-state index in [1.54, 1.807) is 17.6 Å². The molecule has 436 valence electrons. The molecule has 4 aromatic rings. The molecular weight excluding hydrogens is 1080 g/mol. The van der Waals surface area contributed by atoms with Crippen LogP contribution in [0.15, 0.2) is 67.0 Å². The highest BCUT2D eigenvalue weighted by Gasteiger charge is 2.57. The first-order valence-electron chi connectivity index (χ1n) is 24.7. The smallest absolute Gasteiger partial charge is 0.407 e. The number of hydrogen-bond donors (Lipinski definition) is 5. The lowest BCUT2D eigenvalue weighted by atomic mass is 9.82. The number of methoxy groups -OCH3 is 2. The Bertz CT molecular complexity index is 2840. The van der Waals surface area contributed by atoms with Crippen LogP contribution in [-0.4, -0.2) is 163 Å². The number of benzene rings is 2. The van der Waals surface area contributed by atoms with Crippen LogP contribution in [0.5, 0.6) is 0 Å². The number of rotatable bonds is 19. The summed E-state index contributed by atoms with van der Waals surface area (Å²) >= 11 is 0. The van der Waals surface area contributed by atoms with Crippen molar-refractivity contribution in [2.24, 2.45) is 10.8 Å². The maximum absolute atomic E-state index is 16.1. The average molecular weight is 1140 g/mol. The van der Waals surface area contributed by atoms with E-state index in [1.165, 1.54) is 30.3 Å². The minimum Gasteiger partial charge on any atom is -0.453 e. The fourth-order valence-electron chi connectivity index (χ4n) is 8.73. The van der Waals surface area contributed by atoms with Gasteiger partial charge in [0.15, 0.2) is 0 Å². The number of carbonyl (C=O) groups is 4. The lowest BCUT2D eigenvalue weighted by Crippen LogP contribution is -2.63. The number of halogens is 10. The lowest BCUT2D eigenvalue weighted by Gasteiger charge is -2.48. The van der Waals surface area contributed by atoms with Gasteiger partial charge in [0.05, 0.1) is 68.2 Å². The molecular formula is C52H60F10N10O8. The van der Waals surface area contributed by atoms with Gasteiger partial charge in [-0.05, 0) is 89.2 Å². The normalized spacial score (nSPS) is 17.6. The molecule has 2 saturated heterocycles. The Kier molecular flexibility index (Phi) is 19.7. The van der Waals surface area contributed by atoms with Crippen molar-refractivity contribution in [2.75, 3.05) is 59.0 Å². The molecule has 6 rings (SSSR count). The number of fused-ring (bicyclic) bond motifs is 2. The third kappa shape index (κ3) is 15.2. The Labute approximate surface area is 453 Å². The van der Waals surface area contributed by atoms with E-state index in [0.717, 1.165) is 56.1 Å². The van der Waals surface area contributed by atoms with E-state index in [1.807, 2.05) is 16.8 Å². The van der Waals surface area contributed by atoms with Crippen molar-refractivity contribution in [3.63, 3.8) is 0 Å². The Morgan fingerprint density at radius 3 is 1.85 bits per heavy atom. The minimum atomic E-state index is -5.23. The van der Waals surface area contributed by atoms with E-state index in [4.69, 9.17) is 4.74 Å². The van der Waals surface area contributed by atoms with Crippen LogP contribution in [0.1, 0.15) is 49.9 Å².